The first-order chi connectivity index (χ1) is 13.7. The molecule has 1 aliphatic heterocycles. The summed E-state index contributed by atoms with van der Waals surface area (Å²) < 4.78 is 5.00. The number of nitrogens with zero attached hydrogens (tertiary/aromatic N) is 3. The van der Waals surface area contributed by atoms with Crippen molar-refractivity contribution in [3.05, 3.63) is 71.9 Å². The number of aromatic nitrogens is 1. The number of amides is 2. The summed E-state index contributed by atoms with van der Waals surface area (Å²) in [5.41, 5.74) is 3.27. The van der Waals surface area contributed by atoms with E-state index in [1.165, 1.54) is 0 Å². The van der Waals surface area contributed by atoms with Gasteiger partial charge < -0.3 is 9.64 Å². The zero-order valence-corrected chi connectivity index (χ0v) is 15.7. The predicted molar refractivity (Wildman–Crippen MR) is 107 cm³/mol. The van der Waals surface area contributed by atoms with Gasteiger partial charge >= 0.3 is 12.0 Å². The third-order valence-corrected chi connectivity index (χ3v) is 4.88. The lowest BCUT2D eigenvalue weighted by Crippen LogP contribution is -2.31. The molecular formula is C22H21N3O3. The van der Waals surface area contributed by atoms with E-state index in [2.05, 4.69) is 4.98 Å². The zero-order chi connectivity index (χ0) is 19.5. The first-order valence-electron chi connectivity index (χ1n) is 9.33. The zero-order valence-electron chi connectivity index (χ0n) is 15.7. The number of carbonyl (C=O) groups is 2. The Morgan fingerprint density at radius 2 is 1.89 bits per heavy atom. The van der Waals surface area contributed by atoms with E-state index in [-0.39, 0.29) is 12.0 Å². The maximum atomic E-state index is 12.9. The van der Waals surface area contributed by atoms with Crippen LogP contribution in [-0.2, 0) is 11.3 Å². The summed E-state index contributed by atoms with van der Waals surface area (Å²) in [6.45, 7) is 3.91. The van der Waals surface area contributed by atoms with Crippen LogP contribution in [0, 0.1) is 0 Å². The molecule has 1 fully saturated rings. The van der Waals surface area contributed by atoms with Crippen molar-refractivity contribution in [2.24, 2.45) is 0 Å². The van der Waals surface area contributed by atoms with E-state index >= 15 is 0 Å². The van der Waals surface area contributed by atoms with Crippen molar-refractivity contribution in [3.63, 3.8) is 0 Å². The van der Waals surface area contributed by atoms with Gasteiger partial charge in [0.15, 0.2) is 0 Å². The van der Waals surface area contributed by atoms with Crippen LogP contribution in [0.5, 0.6) is 0 Å². The van der Waals surface area contributed by atoms with E-state index in [0.29, 0.717) is 31.8 Å². The lowest BCUT2D eigenvalue weighted by atomic mass is 10.1. The van der Waals surface area contributed by atoms with Crippen molar-refractivity contribution in [1.29, 1.82) is 0 Å². The van der Waals surface area contributed by atoms with Crippen molar-refractivity contribution >= 4 is 28.6 Å². The monoisotopic (exact) mass is 375 g/mol. The summed E-state index contributed by atoms with van der Waals surface area (Å²) in [6.07, 6.45) is 1.77. The third kappa shape index (κ3) is 3.41. The Balaban J connectivity index is 1.50. The molecule has 1 aliphatic rings. The smallest absolute Gasteiger partial charge is 0.338 e. The van der Waals surface area contributed by atoms with Gasteiger partial charge in [-0.25, -0.2) is 9.59 Å². The van der Waals surface area contributed by atoms with Crippen LogP contribution in [0.15, 0.2) is 60.8 Å². The molecule has 28 heavy (non-hydrogen) atoms. The summed E-state index contributed by atoms with van der Waals surface area (Å²) in [7, 11) is 0. The minimum absolute atomic E-state index is 0.0372. The second kappa shape index (κ2) is 7.68. The molecule has 3 aromatic rings. The second-order valence-corrected chi connectivity index (χ2v) is 6.61. The lowest BCUT2D eigenvalue weighted by molar-refractivity contribution is 0.0526. The number of ether oxygens (including phenoxy) is 1. The number of pyridine rings is 1. The van der Waals surface area contributed by atoms with Crippen LogP contribution in [0.2, 0.25) is 0 Å². The fourth-order valence-electron chi connectivity index (χ4n) is 3.47. The van der Waals surface area contributed by atoms with Crippen LogP contribution < -0.4 is 4.90 Å². The summed E-state index contributed by atoms with van der Waals surface area (Å²) in [5.74, 6) is -0.354. The molecule has 6 heteroatoms. The SMILES string of the molecule is CCOC(=O)c1ccc(N2CCN(Cc3cccc4ncccc34)C2=O)cc1. The minimum atomic E-state index is -0.354. The Hall–Kier alpha value is -3.41. The van der Waals surface area contributed by atoms with Gasteiger partial charge in [-0.05, 0) is 48.9 Å². The lowest BCUT2D eigenvalue weighted by Gasteiger charge is -2.19. The van der Waals surface area contributed by atoms with Crippen LogP contribution in [0.3, 0.4) is 0 Å². The van der Waals surface area contributed by atoms with E-state index in [4.69, 9.17) is 4.74 Å². The number of esters is 1. The predicted octanol–water partition coefficient (Wildman–Crippen LogP) is 3.85. The highest BCUT2D eigenvalue weighted by Gasteiger charge is 2.29. The van der Waals surface area contributed by atoms with E-state index in [1.807, 2.05) is 35.2 Å². The molecule has 0 atom stereocenters. The Morgan fingerprint density at radius 1 is 1.07 bits per heavy atom. The molecule has 1 saturated heterocycles. The molecule has 6 nitrogen and oxygen atoms in total. The standard InChI is InChI=1S/C22H21N3O3/c1-2-28-21(26)16-8-10-18(11-9-16)25-14-13-24(22(25)27)15-17-5-3-7-20-19(17)6-4-12-23-20/h3-12H,2,13-15H2,1H3. The van der Waals surface area contributed by atoms with E-state index in [1.54, 1.807) is 42.3 Å². The number of carbonyl (C=O) groups excluding carboxylic acids is 2. The highest BCUT2D eigenvalue weighted by molar-refractivity contribution is 5.95. The van der Waals surface area contributed by atoms with Gasteiger partial charge in [-0.2, -0.15) is 0 Å². The fourth-order valence-corrected chi connectivity index (χ4v) is 3.47. The largest absolute Gasteiger partial charge is 0.462 e. The van der Waals surface area contributed by atoms with Crippen molar-refractivity contribution in [1.82, 2.24) is 9.88 Å². The van der Waals surface area contributed by atoms with Gasteiger partial charge in [0.2, 0.25) is 0 Å². The average Bonchev–Trinajstić information content (AvgIpc) is 3.09. The Morgan fingerprint density at radius 3 is 2.68 bits per heavy atom. The molecular weight excluding hydrogens is 354 g/mol. The first kappa shape index (κ1) is 18.0. The molecule has 0 N–H and O–H groups in total. The molecule has 2 aromatic carbocycles. The third-order valence-electron chi connectivity index (χ3n) is 4.88. The Bertz CT molecular complexity index is 1010. The van der Waals surface area contributed by atoms with Crippen molar-refractivity contribution in [3.8, 4) is 0 Å². The van der Waals surface area contributed by atoms with Crippen LogP contribution in [0.4, 0.5) is 10.5 Å². The number of benzene rings is 2. The van der Waals surface area contributed by atoms with Crippen LogP contribution in [0.25, 0.3) is 10.9 Å². The summed E-state index contributed by atoms with van der Waals surface area (Å²) in [5, 5.41) is 1.06. The van der Waals surface area contributed by atoms with E-state index in [9.17, 15) is 9.59 Å². The number of anilines is 1. The molecule has 1 aromatic heterocycles. The molecule has 0 unspecified atom stereocenters. The van der Waals surface area contributed by atoms with Crippen LogP contribution >= 0.6 is 0 Å². The molecule has 2 heterocycles. The normalized spacial score (nSPS) is 14.0. The van der Waals surface area contributed by atoms with Crippen molar-refractivity contribution in [2.45, 2.75) is 13.5 Å². The number of urea groups is 1. The summed E-state index contributed by atoms with van der Waals surface area (Å²) in [4.78, 5) is 32.7. The average molecular weight is 375 g/mol. The van der Waals surface area contributed by atoms with Gasteiger partial charge in [0.25, 0.3) is 0 Å². The quantitative estimate of drug-likeness (QED) is 0.636. The van der Waals surface area contributed by atoms with Crippen LogP contribution in [0.1, 0.15) is 22.8 Å². The summed E-state index contributed by atoms with van der Waals surface area (Å²) in [6, 6.07) is 16.8. The number of hydrogen-bond donors (Lipinski definition) is 0. The highest BCUT2D eigenvalue weighted by Crippen LogP contribution is 2.24. The van der Waals surface area contributed by atoms with Crippen molar-refractivity contribution < 1.29 is 14.3 Å². The Kier molecular flexibility index (Phi) is 4.93. The van der Waals surface area contributed by atoms with Gasteiger partial charge in [-0.3, -0.25) is 9.88 Å². The first-order valence-corrected chi connectivity index (χ1v) is 9.33. The van der Waals surface area contributed by atoms with Crippen LogP contribution in [-0.4, -0.2) is 41.6 Å². The molecule has 0 radical (unpaired) electrons. The Labute approximate surface area is 163 Å². The molecule has 0 saturated carbocycles. The molecule has 0 spiro atoms. The number of hydrogen-bond acceptors (Lipinski definition) is 4. The fraction of sp³-hybridized carbons (Fsp3) is 0.227. The molecule has 2 amide bonds. The number of rotatable bonds is 5. The van der Waals surface area contributed by atoms with E-state index in [0.717, 1.165) is 22.2 Å². The molecule has 4 rings (SSSR count). The highest BCUT2D eigenvalue weighted by atomic mass is 16.5. The van der Waals surface area contributed by atoms with E-state index < -0.39 is 0 Å². The van der Waals surface area contributed by atoms with Gasteiger partial charge in [0.1, 0.15) is 0 Å². The van der Waals surface area contributed by atoms with Gasteiger partial charge in [-0.15, -0.1) is 0 Å². The van der Waals surface area contributed by atoms with Crippen molar-refractivity contribution in [2.75, 3.05) is 24.6 Å². The maximum absolute atomic E-state index is 12.9. The van der Waals surface area contributed by atoms with Gasteiger partial charge in [-0.1, -0.05) is 18.2 Å². The molecule has 142 valence electrons. The molecule has 0 aliphatic carbocycles. The topological polar surface area (TPSA) is 62.7 Å². The number of fused-ring (bicyclic) bond motifs is 1. The maximum Gasteiger partial charge on any atom is 0.338 e. The summed E-state index contributed by atoms with van der Waals surface area (Å²) >= 11 is 0. The van der Waals surface area contributed by atoms with Gasteiger partial charge in [0, 0.05) is 36.9 Å². The minimum Gasteiger partial charge on any atom is -0.462 e. The second-order valence-electron chi connectivity index (χ2n) is 6.61. The van der Waals surface area contributed by atoms with Gasteiger partial charge in [0.05, 0.1) is 17.7 Å². The molecule has 0 bridgehead atoms.